The van der Waals surface area contributed by atoms with Gasteiger partial charge in [-0.1, -0.05) is 6.07 Å². The highest BCUT2D eigenvalue weighted by molar-refractivity contribution is 5.95. The summed E-state index contributed by atoms with van der Waals surface area (Å²) >= 11 is 0. The number of halogens is 3. The summed E-state index contributed by atoms with van der Waals surface area (Å²) in [5.41, 5.74) is 0.441. The minimum absolute atomic E-state index is 0.220. The van der Waals surface area contributed by atoms with Crippen LogP contribution in [0, 0.1) is 17.5 Å². The first kappa shape index (κ1) is 20.9. The fourth-order valence-corrected chi connectivity index (χ4v) is 2.49. The Labute approximate surface area is 159 Å². The maximum atomic E-state index is 13.9. The molecule has 2 rings (SSSR count). The van der Waals surface area contributed by atoms with E-state index in [2.05, 4.69) is 10.6 Å². The maximum Gasteiger partial charge on any atom is 0.226 e. The van der Waals surface area contributed by atoms with Crippen LogP contribution in [0.5, 0.6) is 0 Å². The smallest absolute Gasteiger partial charge is 0.226 e. The van der Waals surface area contributed by atoms with E-state index in [-0.39, 0.29) is 18.9 Å². The number of rotatable bonds is 6. The van der Waals surface area contributed by atoms with Crippen LogP contribution in [-0.4, -0.2) is 24.3 Å². The second-order valence-corrected chi connectivity index (χ2v) is 5.93. The average Bonchev–Trinajstić information content (AvgIpc) is 2.61. The first-order chi connectivity index (χ1) is 13.2. The Hall–Kier alpha value is -3.36. The van der Waals surface area contributed by atoms with Crippen LogP contribution in [-0.2, 0) is 14.4 Å². The van der Waals surface area contributed by atoms with Gasteiger partial charge in [-0.2, -0.15) is 0 Å². The van der Waals surface area contributed by atoms with Gasteiger partial charge in [0.1, 0.15) is 0 Å². The number of amides is 3. The number of benzene rings is 2. The number of nitrogens with zero attached hydrogens (tertiary/aromatic N) is 1. The minimum Gasteiger partial charge on any atom is -0.326 e. The van der Waals surface area contributed by atoms with Gasteiger partial charge in [-0.05, 0) is 30.3 Å². The van der Waals surface area contributed by atoms with Crippen molar-refractivity contribution < 1.29 is 27.6 Å². The van der Waals surface area contributed by atoms with E-state index in [1.165, 1.54) is 13.0 Å². The van der Waals surface area contributed by atoms with Crippen molar-refractivity contribution in [1.29, 1.82) is 0 Å². The Bertz CT molecular complexity index is 919. The number of hydrogen-bond donors (Lipinski definition) is 2. The highest BCUT2D eigenvalue weighted by Crippen LogP contribution is 2.24. The largest absolute Gasteiger partial charge is 0.326 e. The van der Waals surface area contributed by atoms with E-state index in [1.54, 1.807) is 18.2 Å². The average molecular weight is 393 g/mol. The highest BCUT2D eigenvalue weighted by atomic mass is 19.2. The van der Waals surface area contributed by atoms with Gasteiger partial charge in [-0.25, -0.2) is 13.2 Å². The third-order valence-electron chi connectivity index (χ3n) is 3.71. The number of anilines is 3. The minimum atomic E-state index is -1.69. The predicted molar refractivity (Wildman–Crippen MR) is 98.3 cm³/mol. The Morgan fingerprint density at radius 2 is 1.57 bits per heavy atom. The number of nitrogens with one attached hydrogen (secondary N) is 2. The molecule has 0 aromatic heterocycles. The molecule has 2 N–H and O–H groups in total. The van der Waals surface area contributed by atoms with Gasteiger partial charge < -0.3 is 15.5 Å². The lowest BCUT2D eigenvalue weighted by atomic mass is 10.2. The van der Waals surface area contributed by atoms with Gasteiger partial charge in [0.25, 0.3) is 0 Å². The van der Waals surface area contributed by atoms with E-state index in [1.807, 2.05) is 0 Å². The summed E-state index contributed by atoms with van der Waals surface area (Å²) in [6.45, 7) is 2.23. The standard InChI is InChI=1S/C19H18F3N3O3/c1-11(26)23-13-4-3-5-14(10-13)24-17(28)8-9-25(12(2)27)16-7-6-15(20)18(21)19(16)22/h3-7,10H,8-9H2,1-2H3,(H,23,26)(H,24,28). The van der Waals surface area contributed by atoms with Gasteiger partial charge in [0.15, 0.2) is 17.5 Å². The Morgan fingerprint density at radius 1 is 0.929 bits per heavy atom. The molecule has 3 amide bonds. The number of carbonyl (C=O) groups is 3. The summed E-state index contributed by atoms with van der Waals surface area (Å²) in [5, 5.41) is 5.15. The van der Waals surface area contributed by atoms with E-state index in [9.17, 15) is 27.6 Å². The molecule has 148 valence electrons. The summed E-state index contributed by atoms with van der Waals surface area (Å²) in [7, 11) is 0. The molecule has 0 spiro atoms. The quantitative estimate of drug-likeness (QED) is 0.738. The van der Waals surface area contributed by atoms with Crippen LogP contribution in [0.3, 0.4) is 0 Å². The molecule has 0 unspecified atom stereocenters. The van der Waals surface area contributed by atoms with E-state index in [0.717, 1.165) is 17.9 Å². The van der Waals surface area contributed by atoms with Crippen molar-refractivity contribution in [2.45, 2.75) is 20.3 Å². The van der Waals surface area contributed by atoms with E-state index >= 15 is 0 Å². The van der Waals surface area contributed by atoms with Crippen LogP contribution in [0.15, 0.2) is 36.4 Å². The van der Waals surface area contributed by atoms with Crippen LogP contribution in [0.25, 0.3) is 0 Å². The first-order valence-corrected chi connectivity index (χ1v) is 8.28. The van der Waals surface area contributed by atoms with Crippen LogP contribution in [0.2, 0.25) is 0 Å². The molecule has 0 atom stereocenters. The zero-order chi connectivity index (χ0) is 20.8. The monoisotopic (exact) mass is 393 g/mol. The van der Waals surface area contributed by atoms with Gasteiger partial charge >= 0.3 is 0 Å². The summed E-state index contributed by atoms with van der Waals surface area (Å²) in [5.74, 6) is -5.96. The molecule has 0 bridgehead atoms. The molecule has 6 nitrogen and oxygen atoms in total. The van der Waals surface area contributed by atoms with Crippen molar-refractivity contribution in [3.63, 3.8) is 0 Å². The zero-order valence-electron chi connectivity index (χ0n) is 15.2. The second-order valence-electron chi connectivity index (χ2n) is 5.93. The molecule has 0 aliphatic carbocycles. The normalized spacial score (nSPS) is 10.3. The fourth-order valence-electron chi connectivity index (χ4n) is 2.49. The lowest BCUT2D eigenvalue weighted by Crippen LogP contribution is -2.33. The lowest BCUT2D eigenvalue weighted by molar-refractivity contribution is -0.117. The Morgan fingerprint density at radius 3 is 2.18 bits per heavy atom. The molecule has 0 saturated carbocycles. The van der Waals surface area contributed by atoms with Crippen LogP contribution in [0.4, 0.5) is 30.2 Å². The summed E-state index contributed by atoms with van der Waals surface area (Å²) in [6.07, 6.45) is -0.220. The van der Waals surface area contributed by atoms with Crippen molar-refractivity contribution in [3.8, 4) is 0 Å². The van der Waals surface area contributed by atoms with Gasteiger partial charge in [-0.3, -0.25) is 14.4 Å². The first-order valence-electron chi connectivity index (χ1n) is 8.28. The molecular weight excluding hydrogens is 375 g/mol. The van der Waals surface area contributed by atoms with Crippen molar-refractivity contribution in [1.82, 2.24) is 0 Å². The predicted octanol–water partition coefficient (Wildman–Crippen LogP) is 3.44. The molecule has 2 aromatic carbocycles. The lowest BCUT2D eigenvalue weighted by Gasteiger charge is -2.21. The molecule has 0 fully saturated rings. The van der Waals surface area contributed by atoms with Gasteiger partial charge in [0.05, 0.1) is 5.69 Å². The van der Waals surface area contributed by atoms with Gasteiger partial charge in [0, 0.05) is 38.2 Å². The van der Waals surface area contributed by atoms with Crippen molar-refractivity contribution in [2.24, 2.45) is 0 Å². The molecule has 0 heterocycles. The molecule has 0 aliphatic heterocycles. The molecule has 2 aromatic rings. The van der Waals surface area contributed by atoms with Crippen molar-refractivity contribution in [2.75, 3.05) is 22.1 Å². The third kappa shape index (κ3) is 5.32. The number of hydrogen-bond acceptors (Lipinski definition) is 3. The van der Waals surface area contributed by atoms with Gasteiger partial charge in [0.2, 0.25) is 17.7 Å². The zero-order valence-corrected chi connectivity index (χ0v) is 15.2. The van der Waals surface area contributed by atoms with E-state index in [4.69, 9.17) is 0 Å². The summed E-state index contributed by atoms with van der Waals surface area (Å²) < 4.78 is 40.5. The topological polar surface area (TPSA) is 78.5 Å². The van der Waals surface area contributed by atoms with Crippen molar-refractivity contribution in [3.05, 3.63) is 53.8 Å². The van der Waals surface area contributed by atoms with E-state index in [0.29, 0.717) is 17.4 Å². The molecule has 0 aliphatic rings. The molecular formula is C19H18F3N3O3. The van der Waals surface area contributed by atoms with Crippen LogP contribution < -0.4 is 15.5 Å². The summed E-state index contributed by atoms with van der Waals surface area (Å²) in [4.78, 5) is 35.9. The second kappa shape index (κ2) is 9.03. The third-order valence-corrected chi connectivity index (χ3v) is 3.71. The molecule has 0 radical (unpaired) electrons. The van der Waals surface area contributed by atoms with Crippen LogP contribution in [0.1, 0.15) is 20.3 Å². The fraction of sp³-hybridized carbons (Fsp3) is 0.211. The molecule has 28 heavy (non-hydrogen) atoms. The summed E-state index contributed by atoms with van der Waals surface area (Å²) in [6, 6.07) is 8.04. The van der Waals surface area contributed by atoms with Crippen LogP contribution >= 0.6 is 0 Å². The highest BCUT2D eigenvalue weighted by Gasteiger charge is 2.21. The SMILES string of the molecule is CC(=O)Nc1cccc(NC(=O)CCN(C(C)=O)c2ccc(F)c(F)c2F)c1. The molecule has 9 heteroatoms. The maximum absolute atomic E-state index is 13.9. The van der Waals surface area contributed by atoms with Crippen molar-refractivity contribution >= 4 is 34.8 Å². The van der Waals surface area contributed by atoms with E-state index < -0.39 is 35.0 Å². The Kier molecular flexibility index (Phi) is 6.75. The molecule has 0 saturated heterocycles. The Balaban J connectivity index is 2.06. The van der Waals surface area contributed by atoms with Gasteiger partial charge in [-0.15, -0.1) is 0 Å². The number of carbonyl (C=O) groups excluding carboxylic acids is 3.